The summed E-state index contributed by atoms with van der Waals surface area (Å²) < 4.78 is 5.23. The molecule has 0 fully saturated rings. The van der Waals surface area contributed by atoms with Crippen molar-refractivity contribution >= 4 is 29.1 Å². The SMILES string of the molecule is CCCNC(=O)c1ccc(NC(=O)c2cc(C)ccc2OC)cc1Cl. The lowest BCUT2D eigenvalue weighted by atomic mass is 10.1. The summed E-state index contributed by atoms with van der Waals surface area (Å²) in [5.41, 5.74) is 2.27. The fourth-order valence-electron chi connectivity index (χ4n) is 2.31. The van der Waals surface area contributed by atoms with Gasteiger partial charge in [0, 0.05) is 12.2 Å². The fourth-order valence-corrected chi connectivity index (χ4v) is 2.57. The minimum absolute atomic E-state index is 0.231. The number of hydrogen-bond acceptors (Lipinski definition) is 3. The van der Waals surface area contributed by atoms with E-state index in [1.54, 1.807) is 30.3 Å². The van der Waals surface area contributed by atoms with Crippen LogP contribution in [0.5, 0.6) is 5.75 Å². The largest absolute Gasteiger partial charge is 0.496 e. The van der Waals surface area contributed by atoms with Crippen LogP contribution >= 0.6 is 11.6 Å². The number of hydrogen-bond donors (Lipinski definition) is 2. The number of carbonyl (C=O) groups is 2. The molecule has 0 heterocycles. The van der Waals surface area contributed by atoms with Crippen LogP contribution in [0.3, 0.4) is 0 Å². The topological polar surface area (TPSA) is 67.4 Å². The number of rotatable bonds is 6. The van der Waals surface area contributed by atoms with E-state index in [1.807, 2.05) is 19.9 Å². The minimum Gasteiger partial charge on any atom is -0.496 e. The lowest BCUT2D eigenvalue weighted by molar-refractivity contribution is 0.0953. The Balaban J connectivity index is 2.18. The molecule has 0 unspecified atom stereocenters. The van der Waals surface area contributed by atoms with Crippen molar-refractivity contribution in [1.82, 2.24) is 5.32 Å². The number of benzene rings is 2. The summed E-state index contributed by atoms with van der Waals surface area (Å²) in [5, 5.41) is 5.82. The molecule has 0 aliphatic rings. The highest BCUT2D eigenvalue weighted by atomic mass is 35.5. The Kier molecular flexibility index (Phi) is 6.42. The van der Waals surface area contributed by atoms with E-state index in [0.717, 1.165) is 12.0 Å². The van der Waals surface area contributed by atoms with Gasteiger partial charge in [0.15, 0.2) is 0 Å². The zero-order valence-corrected chi connectivity index (χ0v) is 15.2. The van der Waals surface area contributed by atoms with Crippen molar-refractivity contribution in [1.29, 1.82) is 0 Å². The highest BCUT2D eigenvalue weighted by Crippen LogP contribution is 2.24. The summed E-state index contributed by atoms with van der Waals surface area (Å²) in [5.74, 6) is -0.0466. The Hall–Kier alpha value is -2.53. The number of nitrogens with one attached hydrogen (secondary N) is 2. The third-order valence-electron chi connectivity index (χ3n) is 3.61. The van der Waals surface area contributed by atoms with Gasteiger partial charge in [-0.15, -0.1) is 0 Å². The van der Waals surface area contributed by atoms with Gasteiger partial charge in [0.1, 0.15) is 5.75 Å². The third kappa shape index (κ3) is 4.73. The second-order valence-corrected chi connectivity index (χ2v) is 6.02. The average molecular weight is 361 g/mol. The number of aryl methyl sites for hydroxylation is 1. The van der Waals surface area contributed by atoms with Crippen molar-refractivity contribution in [3.63, 3.8) is 0 Å². The second-order valence-electron chi connectivity index (χ2n) is 5.61. The number of amides is 2. The molecule has 0 saturated carbocycles. The number of carbonyl (C=O) groups excluding carboxylic acids is 2. The fraction of sp³-hybridized carbons (Fsp3) is 0.263. The normalized spacial score (nSPS) is 10.2. The molecular formula is C19H21ClN2O3. The Morgan fingerprint density at radius 3 is 2.48 bits per heavy atom. The molecule has 0 aliphatic carbocycles. The summed E-state index contributed by atoms with van der Waals surface area (Å²) in [7, 11) is 1.52. The molecule has 0 bridgehead atoms. The first-order valence-electron chi connectivity index (χ1n) is 8.00. The van der Waals surface area contributed by atoms with Crippen LogP contribution in [0.4, 0.5) is 5.69 Å². The predicted molar refractivity (Wildman–Crippen MR) is 99.8 cm³/mol. The molecule has 0 spiro atoms. The summed E-state index contributed by atoms with van der Waals surface area (Å²) in [6, 6.07) is 10.2. The molecule has 0 radical (unpaired) electrons. The van der Waals surface area contributed by atoms with Crippen molar-refractivity contribution in [2.45, 2.75) is 20.3 Å². The number of ether oxygens (including phenoxy) is 1. The summed E-state index contributed by atoms with van der Waals surface area (Å²) in [6.07, 6.45) is 0.843. The highest BCUT2D eigenvalue weighted by molar-refractivity contribution is 6.34. The van der Waals surface area contributed by atoms with Gasteiger partial charge in [-0.1, -0.05) is 30.2 Å². The van der Waals surface area contributed by atoms with Crippen LogP contribution in [0.15, 0.2) is 36.4 Å². The quantitative estimate of drug-likeness (QED) is 0.816. The number of halogens is 1. The first-order chi connectivity index (χ1) is 12.0. The molecule has 2 amide bonds. The summed E-state index contributed by atoms with van der Waals surface area (Å²) in [4.78, 5) is 24.5. The Morgan fingerprint density at radius 2 is 1.84 bits per heavy atom. The lowest BCUT2D eigenvalue weighted by Crippen LogP contribution is -2.24. The van der Waals surface area contributed by atoms with E-state index in [1.165, 1.54) is 7.11 Å². The third-order valence-corrected chi connectivity index (χ3v) is 3.92. The summed E-state index contributed by atoms with van der Waals surface area (Å²) >= 11 is 6.18. The molecule has 0 saturated heterocycles. The van der Waals surface area contributed by atoms with Crippen LogP contribution in [0.25, 0.3) is 0 Å². The molecule has 2 N–H and O–H groups in total. The van der Waals surface area contributed by atoms with E-state index in [0.29, 0.717) is 29.1 Å². The molecule has 2 aromatic carbocycles. The molecular weight excluding hydrogens is 340 g/mol. The lowest BCUT2D eigenvalue weighted by Gasteiger charge is -2.11. The van der Waals surface area contributed by atoms with Crippen molar-refractivity contribution < 1.29 is 14.3 Å². The van der Waals surface area contributed by atoms with Crippen LogP contribution in [-0.4, -0.2) is 25.5 Å². The molecule has 5 nitrogen and oxygen atoms in total. The van der Waals surface area contributed by atoms with Crippen LogP contribution in [0.1, 0.15) is 39.6 Å². The molecule has 0 aromatic heterocycles. The Labute approximate surface area is 152 Å². The van der Waals surface area contributed by atoms with Gasteiger partial charge in [-0.05, 0) is 43.7 Å². The van der Waals surface area contributed by atoms with Crippen molar-refractivity contribution in [3.05, 3.63) is 58.1 Å². The van der Waals surface area contributed by atoms with E-state index in [9.17, 15) is 9.59 Å². The maximum absolute atomic E-state index is 12.5. The Morgan fingerprint density at radius 1 is 1.08 bits per heavy atom. The van der Waals surface area contributed by atoms with Gasteiger partial charge in [-0.3, -0.25) is 9.59 Å². The standard InChI is InChI=1S/C19H21ClN2O3/c1-4-9-21-18(23)14-7-6-13(11-16(14)20)22-19(24)15-10-12(2)5-8-17(15)25-3/h5-8,10-11H,4,9H2,1-3H3,(H,21,23)(H,22,24). The molecule has 0 atom stereocenters. The molecule has 0 aliphatic heterocycles. The number of anilines is 1. The van der Waals surface area contributed by atoms with Gasteiger partial charge < -0.3 is 15.4 Å². The number of methoxy groups -OCH3 is 1. The van der Waals surface area contributed by atoms with Gasteiger partial charge in [-0.25, -0.2) is 0 Å². The molecule has 2 aromatic rings. The zero-order chi connectivity index (χ0) is 18.4. The molecule has 132 valence electrons. The van der Waals surface area contributed by atoms with Gasteiger partial charge >= 0.3 is 0 Å². The first kappa shape index (κ1) is 18.8. The molecule has 6 heteroatoms. The Bertz CT molecular complexity index is 790. The monoisotopic (exact) mass is 360 g/mol. The smallest absolute Gasteiger partial charge is 0.259 e. The van der Waals surface area contributed by atoms with Gasteiger partial charge in [0.2, 0.25) is 0 Å². The highest BCUT2D eigenvalue weighted by Gasteiger charge is 2.15. The zero-order valence-electron chi connectivity index (χ0n) is 14.5. The molecule has 25 heavy (non-hydrogen) atoms. The van der Waals surface area contributed by atoms with Crippen LogP contribution < -0.4 is 15.4 Å². The van der Waals surface area contributed by atoms with Crippen LogP contribution in [0.2, 0.25) is 5.02 Å². The van der Waals surface area contributed by atoms with Crippen LogP contribution in [-0.2, 0) is 0 Å². The van der Waals surface area contributed by atoms with E-state index in [4.69, 9.17) is 16.3 Å². The van der Waals surface area contributed by atoms with E-state index >= 15 is 0 Å². The maximum atomic E-state index is 12.5. The molecule has 2 rings (SSSR count). The van der Waals surface area contributed by atoms with Crippen molar-refractivity contribution in [2.75, 3.05) is 19.0 Å². The first-order valence-corrected chi connectivity index (χ1v) is 8.37. The van der Waals surface area contributed by atoms with Crippen LogP contribution in [0, 0.1) is 6.92 Å². The van der Waals surface area contributed by atoms with Crippen molar-refractivity contribution in [3.8, 4) is 5.75 Å². The average Bonchev–Trinajstić information content (AvgIpc) is 2.59. The minimum atomic E-state index is -0.306. The van der Waals surface area contributed by atoms with Crippen molar-refractivity contribution in [2.24, 2.45) is 0 Å². The van der Waals surface area contributed by atoms with E-state index in [2.05, 4.69) is 10.6 Å². The summed E-state index contributed by atoms with van der Waals surface area (Å²) in [6.45, 7) is 4.46. The van der Waals surface area contributed by atoms with E-state index in [-0.39, 0.29) is 16.8 Å². The maximum Gasteiger partial charge on any atom is 0.259 e. The predicted octanol–water partition coefficient (Wildman–Crippen LogP) is 4.05. The van der Waals surface area contributed by atoms with Gasteiger partial charge in [0.25, 0.3) is 11.8 Å². The van der Waals surface area contributed by atoms with Gasteiger partial charge in [-0.2, -0.15) is 0 Å². The second kappa shape index (κ2) is 8.53. The van der Waals surface area contributed by atoms with Gasteiger partial charge in [0.05, 0.1) is 23.3 Å². The van der Waals surface area contributed by atoms with E-state index < -0.39 is 0 Å².